The number of aromatic nitrogens is 2. The molecule has 6 heteroatoms. The number of hydrogen-bond acceptors (Lipinski definition) is 4. The van der Waals surface area contributed by atoms with Crippen molar-refractivity contribution in [2.45, 2.75) is 39.3 Å². The van der Waals surface area contributed by atoms with E-state index in [-0.39, 0.29) is 5.91 Å². The highest BCUT2D eigenvalue weighted by atomic mass is 32.2. The summed E-state index contributed by atoms with van der Waals surface area (Å²) >= 11 is 1.69. The Labute approximate surface area is 135 Å². The van der Waals surface area contributed by atoms with E-state index in [0.717, 1.165) is 41.3 Å². The summed E-state index contributed by atoms with van der Waals surface area (Å²) in [5, 5.41) is 2.89. The average molecular weight is 320 g/mol. The topological polar surface area (TPSA) is 72.9 Å². The van der Waals surface area contributed by atoms with Crippen molar-refractivity contribution >= 4 is 34.4 Å². The lowest BCUT2D eigenvalue weighted by Gasteiger charge is -2.11. The summed E-state index contributed by atoms with van der Waals surface area (Å²) in [5.41, 5.74) is 8.65. The largest absolute Gasteiger partial charge is 0.328 e. The lowest BCUT2D eigenvalue weighted by Crippen LogP contribution is -2.36. The van der Waals surface area contributed by atoms with Gasteiger partial charge in [0.2, 0.25) is 5.91 Å². The fraction of sp³-hybridized carbons (Fsp3) is 0.500. The summed E-state index contributed by atoms with van der Waals surface area (Å²) in [6.07, 6.45) is 3.58. The molecule has 120 valence electrons. The molecule has 0 aliphatic heterocycles. The molecule has 1 atom stereocenters. The van der Waals surface area contributed by atoms with E-state index in [1.807, 2.05) is 24.5 Å². The van der Waals surface area contributed by atoms with E-state index < -0.39 is 6.04 Å². The Morgan fingerprint density at radius 2 is 2.23 bits per heavy atom. The Morgan fingerprint density at radius 1 is 1.45 bits per heavy atom. The van der Waals surface area contributed by atoms with Crippen molar-refractivity contribution in [3.05, 3.63) is 24.0 Å². The first kappa shape index (κ1) is 16.8. The zero-order valence-electron chi connectivity index (χ0n) is 13.4. The number of nitrogens with one attached hydrogen (secondary N) is 1. The molecular weight excluding hydrogens is 296 g/mol. The van der Waals surface area contributed by atoms with Crippen LogP contribution in [0.15, 0.2) is 18.2 Å². The molecule has 0 radical (unpaired) electrons. The predicted octanol–water partition coefficient (Wildman–Crippen LogP) is 2.64. The molecule has 22 heavy (non-hydrogen) atoms. The van der Waals surface area contributed by atoms with Gasteiger partial charge in [0.25, 0.3) is 0 Å². The number of benzene rings is 1. The molecule has 3 N–H and O–H groups in total. The maximum atomic E-state index is 12.1. The van der Waals surface area contributed by atoms with E-state index in [9.17, 15) is 4.79 Å². The number of nitrogens with two attached hydrogens (primary N) is 1. The van der Waals surface area contributed by atoms with Crippen molar-refractivity contribution in [3.63, 3.8) is 0 Å². The first-order chi connectivity index (χ1) is 10.6. The van der Waals surface area contributed by atoms with Crippen LogP contribution >= 0.6 is 11.8 Å². The Balaban J connectivity index is 2.17. The third-order valence-electron chi connectivity index (χ3n) is 3.70. The summed E-state index contributed by atoms with van der Waals surface area (Å²) in [7, 11) is 0. The summed E-state index contributed by atoms with van der Waals surface area (Å²) in [6, 6.07) is 5.37. The Bertz CT molecular complexity index is 653. The van der Waals surface area contributed by atoms with E-state index in [4.69, 9.17) is 5.73 Å². The highest BCUT2D eigenvalue weighted by molar-refractivity contribution is 7.98. The van der Waals surface area contributed by atoms with Crippen molar-refractivity contribution < 1.29 is 4.79 Å². The smallest absolute Gasteiger partial charge is 0.241 e. The molecule has 0 bridgehead atoms. The first-order valence-corrected chi connectivity index (χ1v) is 9.04. The summed E-state index contributed by atoms with van der Waals surface area (Å²) in [5.74, 6) is 1.81. The molecule has 1 heterocycles. The number of carbonyl (C=O) groups is 1. The van der Waals surface area contributed by atoms with Crippen LogP contribution in [0.1, 0.15) is 26.1 Å². The minimum absolute atomic E-state index is 0.140. The highest BCUT2D eigenvalue weighted by Gasteiger charge is 2.14. The second-order valence-corrected chi connectivity index (χ2v) is 6.19. The van der Waals surface area contributed by atoms with Crippen LogP contribution < -0.4 is 11.1 Å². The second kappa shape index (κ2) is 7.65. The van der Waals surface area contributed by atoms with Crippen molar-refractivity contribution in [1.82, 2.24) is 9.55 Å². The predicted molar refractivity (Wildman–Crippen MR) is 94.4 cm³/mol. The van der Waals surface area contributed by atoms with Crippen LogP contribution in [0.4, 0.5) is 5.69 Å². The van der Waals surface area contributed by atoms with Crippen LogP contribution in [0.2, 0.25) is 0 Å². The third kappa shape index (κ3) is 3.62. The maximum absolute atomic E-state index is 12.1. The van der Waals surface area contributed by atoms with Crippen LogP contribution in [0.5, 0.6) is 0 Å². The van der Waals surface area contributed by atoms with Gasteiger partial charge in [0, 0.05) is 18.7 Å². The number of aryl methyl sites for hydroxylation is 2. The molecule has 1 unspecified atom stereocenters. The number of anilines is 1. The van der Waals surface area contributed by atoms with Crippen molar-refractivity contribution in [2.75, 3.05) is 17.3 Å². The van der Waals surface area contributed by atoms with Gasteiger partial charge in [-0.05, 0) is 43.6 Å². The van der Waals surface area contributed by atoms with Gasteiger partial charge in [-0.1, -0.05) is 6.92 Å². The molecule has 0 fully saturated rings. The minimum atomic E-state index is -0.470. The van der Waals surface area contributed by atoms with Crippen LogP contribution in [0, 0.1) is 0 Å². The van der Waals surface area contributed by atoms with E-state index in [1.165, 1.54) is 0 Å². The minimum Gasteiger partial charge on any atom is -0.328 e. The normalized spacial score (nSPS) is 12.5. The van der Waals surface area contributed by atoms with E-state index in [1.54, 1.807) is 11.8 Å². The van der Waals surface area contributed by atoms with Crippen molar-refractivity contribution in [1.29, 1.82) is 0 Å². The molecule has 2 rings (SSSR count). The van der Waals surface area contributed by atoms with Gasteiger partial charge in [0.15, 0.2) is 0 Å². The highest BCUT2D eigenvalue weighted by Crippen LogP contribution is 2.21. The number of nitrogens with zero attached hydrogens (tertiary/aromatic N) is 2. The van der Waals surface area contributed by atoms with E-state index >= 15 is 0 Å². The Hall–Kier alpha value is -1.53. The average Bonchev–Trinajstić information content (AvgIpc) is 2.89. The maximum Gasteiger partial charge on any atom is 0.241 e. The van der Waals surface area contributed by atoms with Crippen molar-refractivity contribution in [2.24, 2.45) is 5.73 Å². The summed E-state index contributed by atoms with van der Waals surface area (Å²) in [6.45, 7) is 5.10. The molecule has 5 nitrogen and oxygen atoms in total. The fourth-order valence-corrected chi connectivity index (χ4v) is 2.98. The van der Waals surface area contributed by atoms with E-state index in [2.05, 4.69) is 28.7 Å². The number of thioether (sulfide) groups is 1. The summed E-state index contributed by atoms with van der Waals surface area (Å²) in [4.78, 5) is 16.7. The quantitative estimate of drug-likeness (QED) is 0.822. The van der Waals surface area contributed by atoms with Gasteiger partial charge in [0.05, 0.1) is 17.1 Å². The first-order valence-electron chi connectivity index (χ1n) is 7.65. The fourth-order valence-electron chi connectivity index (χ4n) is 2.49. The van der Waals surface area contributed by atoms with Crippen molar-refractivity contribution in [3.8, 4) is 0 Å². The van der Waals surface area contributed by atoms with Gasteiger partial charge in [-0.2, -0.15) is 11.8 Å². The molecule has 2 aromatic rings. The van der Waals surface area contributed by atoms with Crippen LogP contribution in [-0.4, -0.2) is 33.5 Å². The number of fused-ring (bicyclic) bond motifs is 1. The summed E-state index contributed by atoms with van der Waals surface area (Å²) < 4.78 is 2.20. The molecule has 0 saturated carbocycles. The molecule has 1 aromatic carbocycles. The van der Waals surface area contributed by atoms with E-state index in [0.29, 0.717) is 6.42 Å². The Kier molecular flexibility index (Phi) is 5.85. The molecule has 1 amide bonds. The molecule has 0 aliphatic carbocycles. The van der Waals surface area contributed by atoms with Crippen LogP contribution in [-0.2, 0) is 17.8 Å². The van der Waals surface area contributed by atoms with Crippen LogP contribution in [0.25, 0.3) is 11.0 Å². The standard InChI is InChI=1S/C16H24N4OS/c1-4-15-19-13-10-11(6-7-14(13)20(15)5-2)18-16(21)12(17)8-9-22-3/h6-7,10,12H,4-5,8-9,17H2,1-3H3,(H,18,21). The van der Waals surface area contributed by atoms with Gasteiger partial charge >= 0.3 is 0 Å². The van der Waals surface area contributed by atoms with Gasteiger partial charge in [0.1, 0.15) is 5.82 Å². The zero-order chi connectivity index (χ0) is 16.1. The molecule has 0 spiro atoms. The zero-order valence-corrected chi connectivity index (χ0v) is 14.2. The lowest BCUT2D eigenvalue weighted by atomic mass is 10.2. The van der Waals surface area contributed by atoms with Gasteiger partial charge < -0.3 is 15.6 Å². The molecule has 0 aliphatic rings. The molecule has 0 saturated heterocycles. The van der Waals surface area contributed by atoms with Crippen LogP contribution in [0.3, 0.4) is 0 Å². The number of hydrogen-bond donors (Lipinski definition) is 2. The number of imidazole rings is 1. The van der Waals surface area contributed by atoms with Gasteiger partial charge in [-0.25, -0.2) is 4.98 Å². The van der Waals surface area contributed by atoms with Gasteiger partial charge in [-0.15, -0.1) is 0 Å². The number of amides is 1. The monoisotopic (exact) mass is 320 g/mol. The third-order valence-corrected chi connectivity index (χ3v) is 4.34. The second-order valence-electron chi connectivity index (χ2n) is 5.21. The molecular formula is C16H24N4OS. The van der Waals surface area contributed by atoms with Gasteiger partial charge in [-0.3, -0.25) is 4.79 Å². The lowest BCUT2D eigenvalue weighted by molar-refractivity contribution is -0.117. The Morgan fingerprint density at radius 3 is 2.86 bits per heavy atom. The number of rotatable bonds is 7. The molecule has 1 aromatic heterocycles. The SMILES string of the molecule is CCc1nc2cc(NC(=O)C(N)CCSC)ccc2n1CC. The number of carbonyl (C=O) groups excluding carboxylic acids is 1.